The van der Waals surface area contributed by atoms with E-state index in [1.165, 1.54) is 5.56 Å². The molecule has 0 aliphatic heterocycles. The molecule has 5 heteroatoms. The van der Waals surface area contributed by atoms with E-state index in [1.54, 1.807) is 0 Å². The second-order valence-electron chi connectivity index (χ2n) is 5.50. The van der Waals surface area contributed by atoms with Gasteiger partial charge in [0.25, 0.3) is 0 Å². The molecule has 1 rings (SSSR count). The van der Waals surface area contributed by atoms with Gasteiger partial charge in [0.2, 0.25) is 0 Å². The Balaban J connectivity index is 2.56. The van der Waals surface area contributed by atoms with E-state index >= 15 is 0 Å². The summed E-state index contributed by atoms with van der Waals surface area (Å²) in [6, 6.07) is 6.31. The van der Waals surface area contributed by atoms with Crippen LogP contribution in [0, 0.1) is 6.92 Å². The molecule has 0 saturated heterocycles. The first-order valence-corrected chi connectivity index (χ1v) is 6.89. The van der Waals surface area contributed by atoms with Crippen molar-refractivity contribution < 1.29 is 5.21 Å². The lowest BCUT2D eigenvalue weighted by Gasteiger charge is -2.17. The Kier molecular flexibility index (Phi) is 6.48. The van der Waals surface area contributed by atoms with Gasteiger partial charge in [-0.3, -0.25) is 0 Å². The Morgan fingerprint density at radius 3 is 2.70 bits per heavy atom. The Hall–Kier alpha value is -1.59. The maximum absolute atomic E-state index is 8.68. The zero-order chi connectivity index (χ0) is 15.1. The van der Waals surface area contributed by atoms with E-state index in [0.717, 1.165) is 30.6 Å². The van der Waals surface area contributed by atoms with Crippen LogP contribution in [0.3, 0.4) is 0 Å². The summed E-state index contributed by atoms with van der Waals surface area (Å²) in [5.41, 5.74) is 8.70. The summed E-state index contributed by atoms with van der Waals surface area (Å²) in [6.07, 6.45) is 1.12. The lowest BCUT2D eigenvalue weighted by molar-refractivity contribution is 0.318. The molecule has 0 aliphatic carbocycles. The monoisotopic (exact) mass is 278 g/mol. The molecular weight excluding hydrogens is 252 g/mol. The quantitative estimate of drug-likeness (QED) is 0.306. The smallest absolute Gasteiger partial charge is 0.170 e. The topological polar surface area (TPSA) is 73.9 Å². The van der Waals surface area contributed by atoms with Crippen LogP contribution in [0.5, 0.6) is 0 Å². The molecule has 1 aromatic carbocycles. The molecule has 20 heavy (non-hydrogen) atoms. The highest BCUT2D eigenvalue weighted by molar-refractivity contribution is 5.97. The average Bonchev–Trinajstić information content (AvgIpc) is 2.42. The van der Waals surface area contributed by atoms with E-state index in [2.05, 4.69) is 36.4 Å². The molecule has 0 aromatic heterocycles. The lowest BCUT2D eigenvalue weighted by Crippen LogP contribution is -2.29. The molecule has 1 unspecified atom stereocenters. The summed E-state index contributed by atoms with van der Waals surface area (Å²) in [5, 5.41) is 15.2. The molecule has 0 heterocycles. The van der Waals surface area contributed by atoms with Crippen LogP contribution in [0.15, 0.2) is 23.4 Å². The summed E-state index contributed by atoms with van der Waals surface area (Å²) in [5.74, 6) is 0.145. The van der Waals surface area contributed by atoms with Crippen LogP contribution in [0.4, 0.5) is 0 Å². The maximum Gasteiger partial charge on any atom is 0.170 e. The van der Waals surface area contributed by atoms with Gasteiger partial charge in [-0.1, -0.05) is 17.3 Å². The number of nitrogens with zero attached hydrogens (tertiary/aromatic N) is 2. The van der Waals surface area contributed by atoms with Gasteiger partial charge in [-0.25, -0.2) is 0 Å². The van der Waals surface area contributed by atoms with Crippen LogP contribution in [-0.2, 0) is 6.54 Å². The van der Waals surface area contributed by atoms with E-state index < -0.39 is 0 Å². The zero-order valence-electron chi connectivity index (χ0n) is 12.8. The van der Waals surface area contributed by atoms with Gasteiger partial charge in [0.1, 0.15) is 0 Å². The van der Waals surface area contributed by atoms with Gasteiger partial charge >= 0.3 is 0 Å². The first-order valence-electron chi connectivity index (χ1n) is 6.89. The van der Waals surface area contributed by atoms with Crippen molar-refractivity contribution in [1.82, 2.24) is 10.2 Å². The second kappa shape index (κ2) is 7.87. The van der Waals surface area contributed by atoms with Gasteiger partial charge in [-0.05, 0) is 58.1 Å². The Bertz CT molecular complexity index is 457. The standard InChI is InChI=1S/C15H26N4O/c1-11-9-13(15(16)18-20)5-6-14(11)10-17-12(2)7-8-19(3)4/h5-6,9,12,17,20H,7-8,10H2,1-4H3,(H2,16,18). The highest BCUT2D eigenvalue weighted by atomic mass is 16.4. The third kappa shape index (κ3) is 5.19. The highest BCUT2D eigenvalue weighted by Crippen LogP contribution is 2.11. The Morgan fingerprint density at radius 1 is 1.45 bits per heavy atom. The zero-order valence-corrected chi connectivity index (χ0v) is 12.8. The number of nitrogens with two attached hydrogens (primary N) is 1. The molecule has 0 spiro atoms. The SMILES string of the molecule is Cc1cc(/C(N)=N/O)ccc1CNC(C)CCN(C)C. The van der Waals surface area contributed by atoms with E-state index in [4.69, 9.17) is 10.9 Å². The minimum atomic E-state index is 0.145. The fraction of sp³-hybridized carbons (Fsp3) is 0.533. The molecule has 0 bridgehead atoms. The van der Waals surface area contributed by atoms with Crippen molar-refractivity contribution in [1.29, 1.82) is 0 Å². The third-order valence-electron chi connectivity index (χ3n) is 3.40. The minimum Gasteiger partial charge on any atom is -0.409 e. The molecule has 1 aromatic rings. The molecule has 0 fully saturated rings. The van der Waals surface area contributed by atoms with Crippen molar-refractivity contribution in [2.75, 3.05) is 20.6 Å². The van der Waals surface area contributed by atoms with Crippen molar-refractivity contribution in [3.63, 3.8) is 0 Å². The molecular formula is C15H26N4O. The number of amidine groups is 1. The summed E-state index contributed by atoms with van der Waals surface area (Å²) in [6.45, 7) is 6.14. The van der Waals surface area contributed by atoms with E-state index in [0.29, 0.717) is 6.04 Å². The summed E-state index contributed by atoms with van der Waals surface area (Å²) in [4.78, 5) is 2.19. The van der Waals surface area contributed by atoms with Crippen molar-refractivity contribution in [3.05, 3.63) is 34.9 Å². The minimum absolute atomic E-state index is 0.145. The van der Waals surface area contributed by atoms with Gasteiger partial charge in [-0.2, -0.15) is 0 Å². The normalized spacial score (nSPS) is 13.8. The second-order valence-corrected chi connectivity index (χ2v) is 5.50. The van der Waals surface area contributed by atoms with Gasteiger partial charge in [0, 0.05) is 18.2 Å². The third-order valence-corrected chi connectivity index (χ3v) is 3.40. The molecule has 0 aliphatic rings. The number of hydrogen-bond acceptors (Lipinski definition) is 4. The van der Waals surface area contributed by atoms with Crippen LogP contribution in [0.25, 0.3) is 0 Å². The van der Waals surface area contributed by atoms with Crippen molar-refractivity contribution in [2.24, 2.45) is 10.9 Å². The number of rotatable bonds is 7. The number of benzene rings is 1. The number of hydrogen-bond donors (Lipinski definition) is 3. The fourth-order valence-corrected chi connectivity index (χ4v) is 1.95. The molecule has 1 atom stereocenters. The van der Waals surface area contributed by atoms with Gasteiger partial charge < -0.3 is 21.2 Å². The van der Waals surface area contributed by atoms with Crippen LogP contribution in [-0.4, -0.2) is 42.6 Å². The largest absolute Gasteiger partial charge is 0.409 e. The van der Waals surface area contributed by atoms with Crippen LogP contribution >= 0.6 is 0 Å². The molecule has 0 saturated carbocycles. The van der Waals surface area contributed by atoms with Crippen molar-refractivity contribution in [2.45, 2.75) is 32.9 Å². The Labute approximate surface area is 121 Å². The summed E-state index contributed by atoms with van der Waals surface area (Å²) in [7, 11) is 4.17. The fourth-order valence-electron chi connectivity index (χ4n) is 1.95. The van der Waals surface area contributed by atoms with Crippen molar-refractivity contribution in [3.8, 4) is 0 Å². The molecule has 0 radical (unpaired) electrons. The van der Waals surface area contributed by atoms with Gasteiger partial charge in [0.05, 0.1) is 0 Å². The molecule has 0 amide bonds. The molecule has 5 nitrogen and oxygen atoms in total. The highest BCUT2D eigenvalue weighted by Gasteiger charge is 2.06. The lowest BCUT2D eigenvalue weighted by atomic mass is 10.0. The van der Waals surface area contributed by atoms with Crippen LogP contribution in [0.1, 0.15) is 30.0 Å². The Morgan fingerprint density at radius 2 is 2.15 bits per heavy atom. The summed E-state index contributed by atoms with van der Waals surface area (Å²) >= 11 is 0. The first kappa shape index (κ1) is 16.5. The number of oxime groups is 1. The van der Waals surface area contributed by atoms with E-state index in [9.17, 15) is 0 Å². The molecule has 4 N–H and O–H groups in total. The predicted octanol–water partition coefficient (Wildman–Crippen LogP) is 1.52. The average molecular weight is 278 g/mol. The number of aryl methyl sites for hydroxylation is 1. The van der Waals surface area contributed by atoms with Crippen LogP contribution in [0.2, 0.25) is 0 Å². The van der Waals surface area contributed by atoms with E-state index in [1.807, 2.05) is 25.1 Å². The van der Waals surface area contributed by atoms with Crippen LogP contribution < -0.4 is 11.1 Å². The first-order chi connectivity index (χ1) is 9.43. The van der Waals surface area contributed by atoms with Gasteiger partial charge in [0.15, 0.2) is 5.84 Å². The molecule has 112 valence electrons. The predicted molar refractivity (Wildman–Crippen MR) is 83.2 cm³/mol. The van der Waals surface area contributed by atoms with Crippen molar-refractivity contribution >= 4 is 5.84 Å². The van der Waals surface area contributed by atoms with Gasteiger partial charge in [-0.15, -0.1) is 0 Å². The maximum atomic E-state index is 8.68. The number of nitrogens with one attached hydrogen (secondary N) is 1. The van der Waals surface area contributed by atoms with E-state index in [-0.39, 0.29) is 5.84 Å². The summed E-state index contributed by atoms with van der Waals surface area (Å²) < 4.78 is 0.